The zero-order valence-electron chi connectivity index (χ0n) is 11.2. The molecule has 6 heteroatoms. The van der Waals surface area contributed by atoms with Crippen LogP contribution in [-0.4, -0.2) is 13.2 Å². The van der Waals surface area contributed by atoms with E-state index in [1.165, 1.54) is 0 Å². The molecule has 0 radical (unpaired) electrons. The van der Waals surface area contributed by atoms with Crippen LogP contribution in [0.25, 0.3) is 0 Å². The maximum Gasteiger partial charge on any atom is 0.200 e. The van der Waals surface area contributed by atoms with E-state index in [4.69, 9.17) is 0 Å². The lowest BCUT2D eigenvalue weighted by molar-refractivity contribution is 0.198. The van der Waals surface area contributed by atoms with Crippen LogP contribution in [0.3, 0.4) is 0 Å². The van der Waals surface area contributed by atoms with Crippen LogP contribution in [0.1, 0.15) is 26.7 Å². The highest BCUT2D eigenvalue weighted by Crippen LogP contribution is 2.49. The minimum atomic E-state index is -4.21. The van der Waals surface area contributed by atoms with Gasteiger partial charge in [-0.3, -0.25) is 0 Å². The zero-order valence-corrected chi connectivity index (χ0v) is 12.0. The molecule has 1 saturated carbocycles. The quantitative estimate of drug-likeness (QED) is 0.862. The first-order chi connectivity index (χ1) is 9.23. The fourth-order valence-electron chi connectivity index (χ4n) is 2.52. The Morgan fingerprint density at radius 2 is 1.95 bits per heavy atom. The first-order valence-electron chi connectivity index (χ1n) is 6.34. The monoisotopic (exact) mass is 299 g/mol. The van der Waals surface area contributed by atoms with Gasteiger partial charge in [0.15, 0.2) is 14.6 Å². The fraction of sp³-hybridized carbons (Fsp3) is 0.500. The van der Waals surface area contributed by atoms with Crippen molar-refractivity contribution in [3.05, 3.63) is 29.8 Å². The first kappa shape index (κ1) is 14.9. The van der Waals surface area contributed by atoms with Crippen molar-refractivity contribution in [3.8, 4) is 6.07 Å². The Kier molecular flexibility index (Phi) is 3.59. The summed E-state index contributed by atoms with van der Waals surface area (Å²) >= 11 is 0. The third-order valence-corrected chi connectivity index (χ3v) is 6.37. The SMILES string of the molecule is CC(C)C1CC(C#N)(S(=O)(=O)c2cc(F)ccc2F)C1. The molecule has 0 aliphatic heterocycles. The molecule has 0 heterocycles. The standard InChI is InChI=1S/C14H15F2NO2S/c1-9(2)10-6-14(7-10,8-17)20(18,19)13-5-11(15)3-4-12(13)16/h3-5,9-10H,6-7H2,1-2H3. The van der Waals surface area contributed by atoms with Crippen molar-refractivity contribution in [1.82, 2.24) is 0 Å². The summed E-state index contributed by atoms with van der Waals surface area (Å²) in [6.07, 6.45) is 0.332. The van der Waals surface area contributed by atoms with Gasteiger partial charge in [-0.25, -0.2) is 17.2 Å². The number of rotatable bonds is 3. The van der Waals surface area contributed by atoms with Gasteiger partial charge in [0, 0.05) is 0 Å². The molecule has 1 aliphatic carbocycles. The summed E-state index contributed by atoms with van der Waals surface area (Å²) in [5.41, 5.74) is 0. The molecular weight excluding hydrogens is 284 g/mol. The largest absolute Gasteiger partial charge is 0.222 e. The number of sulfone groups is 1. The summed E-state index contributed by atoms with van der Waals surface area (Å²) in [6, 6.07) is 4.08. The van der Waals surface area contributed by atoms with Crippen LogP contribution in [0.5, 0.6) is 0 Å². The van der Waals surface area contributed by atoms with Gasteiger partial charge in [0.05, 0.1) is 6.07 Å². The molecule has 0 spiro atoms. The Labute approximate surface area is 117 Å². The van der Waals surface area contributed by atoms with Crippen molar-refractivity contribution >= 4 is 9.84 Å². The van der Waals surface area contributed by atoms with E-state index >= 15 is 0 Å². The van der Waals surface area contributed by atoms with E-state index in [1.54, 1.807) is 0 Å². The molecule has 0 aromatic heterocycles. The van der Waals surface area contributed by atoms with Gasteiger partial charge in [-0.1, -0.05) is 13.8 Å². The highest BCUT2D eigenvalue weighted by molar-refractivity contribution is 7.93. The number of benzene rings is 1. The van der Waals surface area contributed by atoms with Gasteiger partial charge in [-0.2, -0.15) is 5.26 Å². The van der Waals surface area contributed by atoms with Crippen molar-refractivity contribution in [1.29, 1.82) is 5.26 Å². The number of nitrogens with zero attached hydrogens (tertiary/aromatic N) is 1. The van der Waals surface area contributed by atoms with Crippen LogP contribution in [-0.2, 0) is 9.84 Å². The summed E-state index contributed by atoms with van der Waals surface area (Å²) in [5.74, 6) is -1.49. The topological polar surface area (TPSA) is 57.9 Å². The average Bonchev–Trinajstić information content (AvgIpc) is 2.30. The van der Waals surface area contributed by atoms with Crippen LogP contribution >= 0.6 is 0 Å². The predicted octanol–water partition coefficient (Wildman–Crippen LogP) is 3.07. The van der Waals surface area contributed by atoms with Gasteiger partial charge < -0.3 is 0 Å². The van der Waals surface area contributed by atoms with Crippen molar-refractivity contribution < 1.29 is 17.2 Å². The minimum Gasteiger partial charge on any atom is -0.222 e. The van der Waals surface area contributed by atoms with Gasteiger partial charge in [0.1, 0.15) is 16.5 Å². The molecule has 2 rings (SSSR count). The molecule has 1 aromatic carbocycles. The van der Waals surface area contributed by atoms with E-state index in [9.17, 15) is 22.5 Å². The van der Waals surface area contributed by atoms with Gasteiger partial charge in [0.2, 0.25) is 0 Å². The minimum absolute atomic E-state index is 0.112. The molecule has 0 bridgehead atoms. The van der Waals surface area contributed by atoms with Crippen LogP contribution in [0.4, 0.5) is 8.78 Å². The number of nitriles is 1. The van der Waals surface area contributed by atoms with Crippen LogP contribution < -0.4 is 0 Å². The first-order valence-corrected chi connectivity index (χ1v) is 7.83. The smallest absolute Gasteiger partial charge is 0.200 e. The molecule has 108 valence electrons. The van der Waals surface area contributed by atoms with Crippen LogP contribution in [0.2, 0.25) is 0 Å². The van der Waals surface area contributed by atoms with Crippen molar-refractivity contribution in [3.63, 3.8) is 0 Å². The van der Waals surface area contributed by atoms with Gasteiger partial charge in [0.25, 0.3) is 0 Å². The van der Waals surface area contributed by atoms with Gasteiger partial charge in [-0.15, -0.1) is 0 Å². The molecule has 0 unspecified atom stereocenters. The molecule has 1 aliphatic rings. The summed E-state index contributed by atoms with van der Waals surface area (Å²) in [4.78, 5) is -0.721. The second kappa shape index (κ2) is 4.81. The van der Waals surface area contributed by atoms with Crippen molar-refractivity contribution in [2.24, 2.45) is 11.8 Å². The van der Waals surface area contributed by atoms with E-state index in [0.29, 0.717) is 6.07 Å². The molecule has 20 heavy (non-hydrogen) atoms. The molecule has 0 atom stereocenters. The Balaban J connectivity index is 2.45. The summed E-state index contributed by atoms with van der Waals surface area (Å²) in [6.45, 7) is 3.89. The van der Waals surface area contributed by atoms with E-state index in [1.807, 2.05) is 19.9 Å². The summed E-state index contributed by atoms with van der Waals surface area (Å²) in [7, 11) is -4.21. The van der Waals surface area contributed by atoms with E-state index in [0.717, 1.165) is 12.1 Å². The molecule has 0 amide bonds. The van der Waals surface area contributed by atoms with Crippen LogP contribution in [0.15, 0.2) is 23.1 Å². The predicted molar refractivity (Wildman–Crippen MR) is 69.4 cm³/mol. The number of halogens is 2. The Morgan fingerprint density at radius 1 is 1.35 bits per heavy atom. The lowest BCUT2D eigenvalue weighted by atomic mass is 9.69. The molecule has 0 N–H and O–H groups in total. The Hall–Kier alpha value is -1.48. The zero-order chi connectivity index (χ0) is 15.1. The van der Waals surface area contributed by atoms with Gasteiger partial charge in [-0.05, 0) is 42.9 Å². The van der Waals surface area contributed by atoms with Crippen LogP contribution in [0, 0.1) is 34.8 Å². The van der Waals surface area contributed by atoms with E-state index < -0.39 is 31.1 Å². The normalized spacial score (nSPS) is 26.1. The lowest BCUT2D eigenvalue weighted by Crippen LogP contribution is -2.50. The second-order valence-corrected chi connectivity index (χ2v) is 7.82. The molecule has 0 saturated heterocycles. The maximum atomic E-state index is 13.7. The fourth-order valence-corrected chi connectivity index (χ4v) is 4.52. The molecule has 1 fully saturated rings. The highest BCUT2D eigenvalue weighted by Gasteiger charge is 2.56. The van der Waals surface area contributed by atoms with Crippen molar-refractivity contribution in [2.45, 2.75) is 36.3 Å². The average molecular weight is 299 g/mol. The van der Waals surface area contributed by atoms with E-state index in [-0.39, 0.29) is 24.7 Å². The number of hydrogen-bond acceptors (Lipinski definition) is 3. The second-order valence-electron chi connectivity index (χ2n) is 5.60. The Morgan fingerprint density at radius 3 is 2.45 bits per heavy atom. The number of hydrogen-bond donors (Lipinski definition) is 0. The lowest BCUT2D eigenvalue weighted by Gasteiger charge is -2.43. The highest BCUT2D eigenvalue weighted by atomic mass is 32.2. The Bertz CT molecular complexity index is 671. The van der Waals surface area contributed by atoms with Crippen molar-refractivity contribution in [2.75, 3.05) is 0 Å². The summed E-state index contributed by atoms with van der Waals surface area (Å²) in [5, 5.41) is 9.25. The molecule has 1 aromatic rings. The molecular formula is C14H15F2NO2S. The third kappa shape index (κ3) is 2.10. The maximum absolute atomic E-state index is 13.7. The third-order valence-electron chi connectivity index (χ3n) is 4.03. The summed E-state index contributed by atoms with van der Waals surface area (Å²) < 4.78 is 50.2. The van der Waals surface area contributed by atoms with E-state index in [2.05, 4.69) is 0 Å². The molecule has 3 nitrogen and oxygen atoms in total. The van der Waals surface area contributed by atoms with Gasteiger partial charge >= 0.3 is 0 Å².